The van der Waals surface area contributed by atoms with Crippen LogP contribution in [0, 0.1) is 5.92 Å². The summed E-state index contributed by atoms with van der Waals surface area (Å²) in [6, 6.07) is 8.61. The van der Waals surface area contributed by atoms with E-state index in [-0.39, 0.29) is 0 Å². The molecule has 2 aliphatic rings. The van der Waals surface area contributed by atoms with Crippen LogP contribution >= 0.6 is 0 Å². The Kier molecular flexibility index (Phi) is 6.15. The van der Waals surface area contributed by atoms with Gasteiger partial charge in [0.2, 0.25) is 5.95 Å². The van der Waals surface area contributed by atoms with Gasteiger partial charge in [0.25, 0.3) is 0 Å². The van der Waals surface area contributed by atoms with Gasteiger partial charge in [-0.3, -0.25) is 4.99 Å². The molecule has 1 aromatic carbocycles. The van der Waals surface area contributed by atoms with E-state index in [0.29, 0.717) is 5.92 Å². The van der Waals surface area contributed by atoms with Crippen LogP contribution in [-0.4, -0.2) is 54.8 Å². The highest BCUT2D eigenvalue weighted by Crippen LogP contribution is 2.28. The minimum atomic E-state index is 0.603. The Morgan fingerprint density at radius 3 is 2.62 bits per heavy atom. The van der Waals surface area contributed by atoms with Crippen molar-refractivity contribution in [3.63, 3.8) is 0 Å². The molecule has 0 radical (unpaired) electrons. The first-order chi connectivity index (χ1) is 14.2. The van der Waals surface area contributed by atoms with Crippen LogP contribution in [-0.2, 0) is 6.54 Å². The predicted molar refractivity (Wildman–Crippen MR) is 120 cm³/mol. The number of aliphatic imine (C=N–C) groups is 1. The van der Waals surface area contributed by atoms with E-state index >= 15 is 0 Å². The van der Waals surface area contributed by atoms with Gasteiger partial charge in [-0.1, -0.05) is 30.4 Å². The molecule has 3 heterocycles. The highest BCUT2D eigenvalue weighted by molar-refractivity contribution is 5.74. The molecule has 0 N–H and O–H groups in total. The number of nitrogens with zero attached hydrogens (tertiary/aromatic N) is 5. The van der Waals surface area contributed by atoms with Crippen LogP contribution in [0.15, 0.2) is 65.5 Å². The van der Waals surface area contributed by atoms with E-state index in [4.69, 9.17) is 0 Å². The van der Waals surface area contributed by atoms with Gasteiger partial charge in [-0.2, -0.15) is 0 Å². The van der Waals surface area contributed by atoms with Crippen LogP contribution in [0.3, 0.4) is 0 Å². The van der Waals surface area contributed by atoms with Crippen molar-refractivity contribution in [3.8, 4) is 11.1 Å². The van der Waals surface area contributed by atoms with Crippen molar-refractivity contribution in [2.24, 2.45) is 10.9 Å². The van der Waals surface area contributed by atoms with Gasteiger partial charge >= 0.3 is 0 Å². The second kappa shape index (κ2) is 9.14. The zero-order valence-electron chi connectivity index (χ0n) is 17.3. The molecule has 0 atom stereocenters. The first-order valence-electron chi connectivity index (χ1n) is 10.4. The molecule has 2 aliphatic heterocycles. The van der Waals surface area contributed by atoms with Gasteiger partial charge in [0.1, 0.15) is 0 Å². The van der Waals surface area contributed by atoms with Gasteiger partial charge in [0, 0.05) is 43.8 Å². The summed E-state index contributed by atoms with van der Waals surface area (Å²) in [7, 11) is 4.17. The highest BCUT2D eigenvalue weighted by atomic mass is 15.2. The summed E-state index contributed by atoms with van der Waals surface area (Å²) in [5, 5.41) is 0. The molecule has 0 saturated carbocycles. The molecule has 2 aromatic rings. The molecule has 0 amide bonds. The number of benzene rings is 1. The number of hydrogen-bond donors (Lipinski definition) is 0. The standard InChI is InChI=1S/C24H29N5/c1-28(2)18-19-5-3-6-22(15-19)23-16-26-24(27-17-23)29-13-9-21(10-14-29)20-7-4-11-25-12-8-20/h3-8,12,15-17,21H,9-11,13-14,18H2,1-2H3. The Morgan fingerprint density at radius 1 is 1.07 bits per heavy atom. The Hall–Kier alpha value is -2.79. The Labute approximate surface area is 173 Å². The molecule has 1 saturated heterocycles. The van der Waals surface area contributed by atoms with Crippen molar-refractivity contribution in [3.05, 3.63) is 66.0 Å². The van der Waals surface area contributed by atoms with Crippen LogP contribution in [0.25, 0.3) is 11.1 Å². The van der Waals surface area contributed by atoms with E-state index in [9.17, 15) is 0 Å². The molecule has 5 nitrogen and oxygen atoms in total. The Bertz CT molecular complexity index is 903. The van der Waals surface area contributed by atoms with Crippen LogP contribution in [0.2, 0.25) is 0 Å². The normalized spacial score (nSPS) is 17.5. The molecule has 0 aliphatic carbocycles. The second-order valence-corrected chi connectivity index (χ2v) is 8.05. The summed E-state index contributed by atoms with van der Waals surface area (Å²) in [5.74, 6) is 1.44. The minimum absolute atomic E-state index is 0.603. The summed E-state index contributed by atoms with van der Waals surface area (Å²) < 4.78 is 0. The summed E-state index contributed by atoms with van der Waals surface area (Å²) in [4.78, 5) is 18.1. The van der Waals surface area contributed by atoms with Crippen LogP contribution in [0.1, 0.15) is 18.4 Å². The molecular formula is C24H29N5. The summed E-state index contributed by atoms with van der Waals surface area (Å²) >= 11 is 0. The zero-order valence-corrected chi connectivity index (χ0v) is 17.3. The van der Waals surface area contributed by atoms with E-state index in [1.807, 2.05) is 18.6 Å². The van der Waals surface area contributed by atoms with E-state index in [1.54, 1.807) is 0 Å². The maximum absolute atomic E-state index is 4.68. The fourth-order valence-corrected chi connectivity index (χ4v) is 4.04. The smallest absolute Gasteiger partial charge is 0.225 e. The van der Waals surface area contributed by atoms with Gasteiger partial charge in [0.05, 0.1) is 6.54 Å². The fraction of sp³-hybridized carbons (Fsp3) is 0.375. The van der Waals surface area contributed by atoms with Crippen molar-refractivity contribution in [1.82, 2.24) is 14.9 Å². The van der Waals surface area contributed by atoms with Gasteiger partial charge in [-0.25, -0.2) is 9.97 Å². The van der Waals surface area contributed by atoms with E-state index in [0.717, 1.165) is 50.5 Å². The van der Waals surface area contributed by atoms with E-state index < -0.39 is 0 Å². The average molecular weight is 388 g/mol. The van der Waals surface area contributed by atoms with Gasteiger partial charge < -0.3 is 9.80 Å². The summed E-state index contributed by atoms with van der Waals surface area (Å²) in [5.41, 5.74) is 4.94. The number of rotatable bonds is 5. The molecule has 0 spiro atoms. The van der Waals surface area contributed by atoms with E-state index in [2.05, 4.69) is 81.3 Å². The third-order valence-electron chi connectivity index (χ3n) is 5.54. The van der Waals surface area contributed by atoms with Crippen LogP contribution < -0.4 is 4.90 Å². The Balaban J connectivity index is 1.40. The summed E-state index contributed by atoms with van der Waals surface area (Å²) in [6.07, 6.45) is 14.7. The lowest BCUT2D eigenvalue weighted by Crippen LogP contribution is -2.35. The largest absolute Gasteiger partial charge is 0.341 e. The van der Waals surface area contributed by atoms with Gasteiger partial charge in [0.15, 0.2) is 0 Å². The lowest BCUT2D eigenvalue weighted by molar-refractivity contribution is 0.402. The van der Waals surface area contributed by atoms with Crippen LogP contribution in [0.5, 0.6) is 0 Å². The Morgan fingerprint density at radius 2 is 1.86 bits per heavy atom. The molecule has 5 heteroatoms. The molecular weight excluding hydrogens is 358 g/mol. The SMILES string of the molecule is CN(C)Cc1cccc(-c2cnc(N3CCC(C4=CC=NCC=C4)CC3)nc2)c1. The monoisotopic (exact) mass is 387 g/mol. The molecule has 29 heavy (non-hydrogen) atoms. The van der Waals surface area contributed by atoms with Crippen molar-refractivity contribution in [2.45, 2.75) is 19.4 Å². The molecule has 4 rings (SSSR count). The van der Waals surface area contributed by atoms with E-state index in [1.165, 1.54) is 16.7 Å². The number of hydrogen-bond acceptors (Lipinski definition) is 5. The lowest BCUT2D eigenvalue weighted by Gasteiger charge is -2.32. The lowest BCUT2D eigenvalue weighted by atomic mass is 9.89. The molecule has 150 valence electrons. The quantitative estimate of drug-likeness (QED) is 0.778. The van der Waals surface area contributed by atoms with Crippen LogP contribution in [0.4, 0.5) is 5.95 Å². The number of piperidine rings is 1. The third kappa shape index (κ3) is 4.98. The second-order valence-electron chi connectivity index (χ2n) is 8.05. The first-order valence-corrected chi connectivity index (χ1v) is 10.4. The summed E-state index contributed by atoms with van der Waals surface area (Å²) in [6.45, 7) is 3.70. The van der Waals surface area contributed by atoms with Crippen molar-refractivity contribution in [2.75, 3.05) is 38.6 Å². The molecule has 1 fully saturated rings. The van der Waals surface area contributed by atoms with Crippen molar-refractivity contribution in [1.29, 1.82) is 0 Å². The zero-order chi connectivity index (χ0) is 20.1. The van der Waals surface area contributed by atoms with Crippen molar-refractivity contribution < 1.29 is 0 Å². The molecule has 0 unspecified atom stereocenters. The predicted octanol–water partition coefficient (Wildman–Crippen LogP) is 3.99. The number of aromatic nitrogens is 2. The average Bonchev–Trinajstić information content (AvgIpc) is 3.03. The first kappa shape index (κ1) is 19.5. The maximum Gasteiger partial charge on any atom is 0.225 e. The third-order valence-corrected chi connectivity index (χ3v) is 5.54. The highest BCUT2D eigenvalue weighted by Gasteiger charge is 2.22. The van der Waals surface area contributed by atoms with Gasteiger partial charge in [-0.05, 0) is 61.7 Å². The topological polar surface area (TPSA) is 44.6 Å². The molecule has 0 bridgehead atoms. The van der Waals surface area contributed by atoms with Gasteiger partial charge in [-0.15, -0.1) is 0 Å². The van der Waals surface area contributed by atoms with Crippen molar-refractivity contribution >= 4 is 12.2 Å². The fourth-order valence-electron chi connectivity index (χ4n) is 4.04. The maximum atomic E-state index is 4.68. The molecule has 1 aromatic heterocycles. The minimum Gasteiger partial charge on any atom is -0.341 e. The number of anilines is 1. The number of allylic oxidation sites excluding steroid dienone is 3.